The number of hydrogen-bond acceptors (Lipinski definition) is 2. The van der Waals surface area contributed by atoms with Gasteiger partial charge in [-0.2, -0.15) is 0 Å². The number of benzene rings is 1. The molecule has 92 valence electrons. The fraction of sp³-hybridized carbons (Fsp3) is 0.538. The number of ether oxygens (including phenoxy) is 1. The lowest BCUT2D eigenvalue weighted by atomic mass is 9.71. The van der Waals surface area contributed by atoms with Crippen LogP contribution in [-0.2, 0) is 10.2 Å². The quantitative estimate of drug-likeness (QED) is 0.877. The van der Waals surface area contributed by atoms with Crippen molar-refractivity contribution in [3.8, 4) is 0 Å². The maximum atomic E-state index is 14.0. The molecule has 0 aliphatic carbocycles. The lowest BCUT2D eigenvalue weighted by molar-refractivity contribution is -0.0776. The topological polar surface area (TPSA) is 21.3 Å². The Morgan fingerprint density at radius 1 is 1.41 bits per heavy atom. The monoisotopic (exact) mass is 255 g/mol. The first-order valence-electron chi connectivity index (χ1n) is 5.99. The molecule has 1 atom stereocenters. The van der Waals surface area contributed by atoms with Crippen LogP contribution in [0.2, 0.25) is 5.02 Å². The second-order valence-electron chi connectivity index (χ2n) is 4.92. The van der Waals surface area contributed by atoms with Crippen LogP contribution in [0.25, 0.3) is 0 Å². The minimum atomic E-state index is -0.217. The van der Waals surface area contributed by atoms with E-state index in [9.17, 15) is 4.39 Å². The van der Waals surface area contributed by atoms with Gasteiger partial charge >= 0.3 is 0 Å². The summed E-state index contributed by atoms with van der Waals surface area (Å²) in [7, 11) is 0. The average molecular weight is 256 g/mol. The summed E-state index contributed by atoms with van der Waals surface area (Å²) in [5.41, 5.74) is 0.488. The van der Waals surface area contributed by atoms with Crippen molar-refractivity contribution in [2.24, 2.45) is 0 Å². The molecule has 17 heavy (non-hydrogen) atoms. The number of nitrogens with one attached hydrogen (secondary N) is 1. The summed E-state index contributed by atoms with van der Waals surface area (Å²) in [6.45, 7) is 2.18. The molecule has 4 heteroatoms. The van der Waals surface area contributed by atoms with E-state index in [0.29, 0.717) is 29.8 Å². The van der Waals surface area contributed by atoms with Crippen LogP contribution >= 0.6 is 11.6 Å². The van der Waals surface area contributed by atoms with Crippen molar-refractivity contribution >= 4 is 11.6 Å². The van der Waals surface area contributed by atoms with E-state index in [1.54, 1.807) is 12.1 Å². The Balaban J connectivity index is 2.01. The summed E-state index contributed by atoms with van der Waals surface area (Å²) >= 11 is 5.98. The van der Waals surface area contributed by atoms with Crippen LogP contribution in [0.4, 0.5) is 4.39 Å². The highest BCUT2D eigenvalue weighted by Gasteiger charge is 2.49. The molecule has 0 radical (unpaired) electrons. The molecule has 2 fully saturated rings. The third-order valence-electron chi connectivity index (χ3n) is 3.91. The molecule has 2 heterocycles. The summed E-state index contributed by atoms with van der Waals surface area (Å²) in [5, 5.41) is 4.04. The summed E-state index contributed by atoms with van der Waals surface area (Å²) in [4.78, 5) is 0. The van der Waals surface area contributed by atoms with Gasteiger partial charge in [0.15, 0.2) is 0 Å². The van der Waals surface area contributed by atoms with E-state index in [4.69, 9.17) is 16.3 Å². The maximum Gasteiger partial charge on any atom is 0.127 e. The number of halogens is 2. The first-order chi connectivity index (χ1) is 8.22. The van der Waals surface area contributed by atoms with Crippen LogP contribution in [0.5, 0.6) is 0 Å². The van der Waals surface area contributed by atoms with Gasteiger partial charge in [0.05, 0.1) is 18.6 Å². The van der Waals surface area contributed by atoms with Gasteiger partial charge < -0.3 is 10.1 Å². The zero-order chi connectivity index (χ0) is 11.9. The molecule has 0 amide bonds. The Hall–Kier alpha value is -0.640. The second-order valence-corrected chi connectivity index (χ2v) is 5.36. The molecule has 2 aliphatic rings. The maximum absolute atomic E-state index is 14.0. The van der Waals surface area contributed by atoms with E-state index in [1.807, 2.05) is 0 Å². The van der Waals surface area contributed by atoms with E-state index < -0.39 is 0 Å². The zero-order valence-corrected chi connectivity index (χ0v) is 10.3. The van der Waals surface area contributed by atoms with Gasteiger partial charge in [-0.15, -0.1) is 0 Å². The highest BCUT2D eigenvalue weighted by Crippen LogP contribution is 2.40. The Labute approximate surface area is 105 Å². The van der Waals surface area contributed by atoms with E-state index in [-0.39, 0.29) is 11.2 Å². The Morgan fingerprint density at radius 3 is 2.82 bits per heavy atom. The van der Waals surface area contributed by atoms with Gasteiger partial charge in [0.25, 0.3) is 0 Å². The minimum absolute atomic E-state index is 0.175. The van der Waals surface area contributed by atoms with Crippen molar-refractivity contribution in [2.45, 2.75) is 24.3 Å². The minimum Gasteiger partial charge on any atom is -0.379 e. The predicted molar refractivity (Wildman–Crippen MR) is 64.9 cm³/mol. The van der Waals surface area contributed by atoms with Crippen LogP contribution in [0.15, 0.2) is 18.2 Å². The summed E-state index contributed by atoms with van der Waals surface area (Å²) < 4.78 is 19.3. The van der Waals surface area contributed by atoms with Crippen molar-refractivity contribution in [2.75, 3.05) is 19.8 Å². The van der Waals surface area contributed by atoms with Crippen LogP contribution < -0.4 is 5.32 Å². The van der Waals surface area contributed by atoms with Gasteiger partial charge in [-0.1, -0.05) is 11.6 Å². The van der Waals surface area contributed by atoms with Crippen LogP contribution in [0.1, 0.15) is 18.4 Å². The molecule has 1 N–H and O–H groups in total. The third kappa shape index (κ3) is 1.77. The highest BCUT2D eigenvalue weighted by molar-refractivity contribution is 6.30. The first-order valence-corrected chi connectivity index (χ1v) is 6.37. The zero-order valence-electron chi connectivity index (χ0n) is 9.51. The average Bonchev–Trinajstić information content (AvgIpc) is 2.75. The van der Waals surface area contributed by atoms with Crippen molar-refractivity contribution in [3.63, 3.8) is 0 Å². The van der Waals surface area contributed by atoms with Gasteiger partial charge in [0.2, 0.25) is 0 Å². The van der Waals surface area contributed by atoms with Crippen molar-refractivity contribution in [3.05, 3.63) is 34.6 Å². The number of rotatable bonds is 2. The fourth-order valence-corrected chi connectivity index (χ4v) is 3.07. The molecule has 0 bridgehead atoms. The molecule has 1 aromatic rings. The number of hydrogen-bond donors (Lipinski definition) is 1. The molecule has 0 saturated carbocycles. The van der Waals surface area contributed by atoms with Crippen molar-refractivity contribution in [1.82, 2.24) is 5.32 Å². The van der Waals surface area contributed by atoms with Gasteiger partial charge in [0, 0.05) is 16.6 Å². The van der Waals surface area contributed by atoms with E-state index in [1.165, 1.54) is 6.07 Å². The van der Waals surface area contributed by atoms with Crippen molar-refractivity contribution < 1.29 is 9.13 Å². The molecule has 2 nitrogen and oxygen atoms in total. The molecular weight excluding hydrogens is 241 g/mol. The Kier molecular flexibility index (Phi) is 2.85. The third-order valence-corrected chi connectivity index (χ3v) is 4.15. The van der Waals surface area contributed by atoms with E-state index in [2.05, 4.69) is 5.32 Å². The predicted octanol–water partition coefficient (Wildman–Crippen LogP) is 2.50. The summed E-state index contributed by atoms with van der Waals surface area (Å²) in [5.74, 6) is -0.175. The molecular formula is C13H15ClFNO. The summed E-state index contributed by atoms with van der Waals surface area (Å²) in [6, 6.07) is 5.10. The molecule has 3 rings (SSSR count). The van der Waals surface area contributed by atoms with Gasteiger partial charge in [-0.25, -0.2) is 4.39 Å². The SMILES string of the molecule is Fc1ccc(Cl)cc1C1(C2CCCN2)COC1. The first kappa shape index (κ1) is 11.5. The Bertz CT molecular complexity index is 427. The lowest BCUT2D eigenvalue weighted by Crippen LogP contribution is -2.58. The van der Waals surface area contributed by atoms with Crippen LogP contribution in [0.3, 0.4) is 0 Å². The van der Waals surface area contributed by atoms with E-state index >= 15 is 0 Å². The van der Waals surface area contributed by atoms with Gasteiger partial charge in [-0.05, 0) is 37.6 Å². The summed E-state index contributed by atoms with van der Waals surface area (Å²) in [6.07, 6.45) is 2.23. The van der Waals surface area contributed by atoms with E-state index in [0.717, 1.165) is 19.4 Å². The van der Waals surface area contributed by atoms with Gasteiger partial charge in [0.1, 0.15) is 5.82 Å². The molecule has 0 aromatic heterocycles. The normalized spacial score (nSPS) is 26.8. The fourth-order valence-electron chi connectivity index (χ4n) is 2.90. The van der Waals surface area contributed by atoms with Crippen LogP contribution in [0, 0.1) is 5.82 Å². The smallest absolute Gasteiger partial charge is 0.127 e. The molecule has 2 saturated heterocycles. The molecule has 1 unspecified atom stereocenters. The standard InChI is InChI=1S/C13H15ClFNO/c14-9-3-4-11(15)10(6-9)13(7-17-8-13)12-2-1-5-16-12/h3-4,6,12,16H,1-2,5,7-8H2. The molecule has 0 spiro atoms. The Morgan fingerprint density at radius 2 is 2.24 bits per heavy atom. The van der Waals surface area contributed by atoms with Gasteiger partial charge in [-0.3, -0.25) is 0 Å². The largest absolute Gasteiger partial charge is 0.379 e. The van der Waals surface area contributed by atoms with Crippen molar-refractivity contribution in [1.29, 1.82) is 0 Å². The lowest BCUT2D eigenvalue weighted by Gasteiger charge is -2.46. The highest BCUT2D eigenvalue weighted by atomic mass is 35.5. The second kappa shape index (κ2) is 4.23. The molecule has 2 aliphatic heterocycles. The van der Waals surface area contributed by atoms with Crippen LogP contribution in [-0.4, -0.2) is 25.8 Å². The molecule has 1 aromatic carbocycles.